The number of benzene rings is 2. The van der Waals surface area contributed by atoms with Crippen LogP contribution in [0.5, 0.6) is 5.75 Å². The first-order valence-electron chi connectivity index (χ1n) is 9.31. The highest BCUT2D eigenvalue weighted by atomic mass is 16.5. The fourth-order valence-corrected chi connectivity index (χ4v) is 3.82. The van der Waals surface area contributed by atoms with E-state index in [9.17, 15) is 4.79 Å². The zero-order valence-electron chi connectivity index (χ0n) is 15.1. The fourth-order valence-electron chi connectivity index (χ4n) is 3.82. The van der Waals surface area contributed by atoms with Crippen molar-refractivity contribution in [2.24, 2.45) is 0 Å². The summed E-state index contributed by atoms with van der Waals surface area (Å²) in [5.74, 6) is 0.945. The second-order valence-electron chi connectivity index (χ2n) is 7.06. The molecule has 5 heteroatoms. The lowest BCUT2D eigenvalue weighted by atomic mass is 9.92. The molecule has 1 fully saturated rings. The van der Waals surface area contributed by atoms with Crippen LogP contribution in [0.15, 0.2) is 48.5 Å². The summed E-state index contributed by atoms with van der Waals surface area (Å²) in [7, 11) is 0. The van der Waals surface area contributed by atoms with Crippen LogP contribution < -0.4 is 15.4 Å². The van der Waals surface area contributed by atoms with E-state index in [4.69, 9.17) is 4.74 Å². The first-order chi connectivity index (χ1) is 12.7. The quantitative estimate of drug-likeness (QED) is 0.888. The van der Waals surface area contributed by atoms with Gasteiger partial charge in [-0.2, -0.15) is 0 Å². The minimum Gasteiger partial charge on any atom is -0.494 e. The summed E-state index contributed by atoms with van der Waals surface area (Å²) < 4.78 is 5.50. The highest BCUT2D eigenvalue weighted by molar-refractivity contribution is 6.02. The van der Waals surface area contributed by atoms with Crippen molar-refractivity contribution in [3.8, 4) is 5.75 Å². The van der Waals surface area contributed by atoms with E-state index in [1.54, 1.807) is 0 Å². The van der Waals surface area contributed by atoms with Crippen LogP contribution in [-0.2, 0) is 6.54 Å². The van der Waals surface area contributed by atoms with Crippen molar-refractivity contribution in [1.29, 1.82) is 0 Å². The number of carbonyl (C=O) groups is 1. The monoisotopic (exact) mass is 351 g/mol. The number of nitrogens with zero attached hydrogens (tertiary/aromatic N) is 1. The van der Waals surface area contributed by atoms with Crippen molar-refractivity contribution >= 4 is 11.6 Å². The smallest absolute Gasteiger partial charge is 0.255 e. The summed E-state index contributed by atoms with van der Waals surface area (Å²) in [5.41, 5.74) is 2.64. The fraction of sp³-hybridized carbons (Fsp3) is 0.381. The van der Waals surface area contributed by atoms with Crippen LogP contribution in [-0.4, -0.2) is 36.2 Å². The maximum absolute atomic E-state index is 12.4. The third-order valence-electron chi connectivity index (χ3n) is 5.25. The van der Waals surface area contributed by atoms with Gasteiger partial charge in [-0.25, -0.2) is 0 Å². The first kappa shape index (κ1) is 16.9. The summed E-state index contributed by atoms with van der Waals surface area (Å²) >= 11 is 0. The van der Waals surface area contributed by atoms with Gasteiger partial charge in [0.1, 0.15) is 11.4 Å². The summed E-state index contributed by atoms with van der Waals surface area (Å²) in [6, 6.07) is 16.1. The van der Waals surface area contributed by atoms with Crippen molar-refractivity contribution in [3.05, 3.63) is 59.7 Å². The summed E-state index contributed by atoms with van der Waals surface area (Å²) in [6.45, 7) is 5.50. The molecule has 4 rings (SSSR count). The third kappa shape index (κ3) is 3.40. The minimum absolute atomic E-state index is 0.0271. The SMILES string of the molecule is CCOc1ccc(CN2CCC3(CC2)NC(=O)c2ccccc2N3)cc1. The van der Waals surface area contributed by atoms with Crippen LogP contribution in [0.1, 0.15) is 35.7 Å². The molecule has 2 aliphatic heterocycles. The second kappa shape index (κ2) is 7.00. The van der Waals surface area contributed by atoms with E-state index in [-0.39, 0.29) is 11.6 Å². The molecular weight excluding hydrogens is 326 g/mol. The molecular formula is C21H25N3O2. The molecule has 1 amide bonds. The van der Waals surface area contributed by atoms with E-state index < -0.39 is 0 Å². The zero-order chi connectivity index (χ0) is 18.0. The summed E-state index contributed by atoms with van der Waals surface area (Å²) in [5, 5.41) is 6.77. The maximum Gasteiger partial charge on any atom is 0.255 e. The highest BCUT2D eigenvalue weighted by Crippen LogP contribution is 2.31. The number of hydrogen-bond donors (Lipinski definition) is 2. The minimum atomic E-state index is -0.319. The standard InChI is InChI=1S/C21H25N3O2/c1-2-26-17-9-7-16(8-10-17)15-24-13-11-21(12-14-24)22-19-6-4-3-5-18(19)20(25)23-21/h3-10,22H,2,11-15H2,1H3,(H,23,25). The zero-order valence-corrected chi connectivity index (χ0v) is 15.1. The van der Waals surface area contributed by atoms with Gasteiger partial charge in [-0.05, 0) is 36.8 Å². The van der Waals surface area contributed by atoms with Crippen LogP contribution in [0.2, 0.25) is 0 Å². The Morgan fingerprint density at radius 1 is 1.04 bits per heavy atom. The summed E-state index contributed by atoms with van der Waals surface area (Å²) in [4.78, 5) is 14.9. The van der Waals surface area contributed by atoms with Gasteiger partial charge in [-0.15, -0.1) is 0 Å². The van der Waals surface area contributed by atoms with Gasteiger partial charge in [0.25, 0.3) is 5.91 Å². The van der Waals surface area contributed by atoms with E-state index in [0.717, 1.165) is 49.5 Å². The van der Waals surface area contributed by atoms with Gasteiger partial charge in [-0.3, -0.25) is 9.69 Å². The van der Waals surface area contributed by atoms with Gasteiger partial charge in [-0.1, -0.05) is 24.3 Å². The normalized spacial score (nSPS) is 18.7. The average molecular weight is 351 g/mol. The molecule has 0 atom stereocenters. The van der Waals surface area contributed by atoms with E-state index in [0.29, 0.717) is 6.61 Å². The number of para-hydroxylation sites is 1. The Bertz CT molecular complexity index is 780. The largest absolute Gasteiger partial charge is 0.494 e. The molecule has 0 radical (unpaired) electrons. The topological polar surface area (TPSA) is 53.6 Å². The lowest BCUT2D eigenvalue weighted by Gasteiger charge is -2.46. The van der Waals surface area contributed by atoms with Gasteiger partial charge in [0.2, 0.25) is 0 Å². The van der Waals surface area contributed by atoms with Crippen molar-refractivity contribution in [2.75, 3.05) is 25.0 Å². The van der Waals surface area contributed by atoms with Crippen molar-refractivity contribution in [3.63, 3.8) is 0 Å². The van der Waals surface area contributed by atoms with Gasteiger partial charge >= 0.3 is 0 Å². The molecule has 5 nitrogen and oxygen atoms in total. The molecule has 0 bridgehead atoms. The molecule has 136 valence electrons. The number of rotatable bonds is 4. The highest BCUT2D eigenvalue weighted by Gasteiger charge is 2.39. The molecule has 2 aromatic carbocycles. The molecule has 2 heterocycles. The second-order valence-corrected chi connectivity index (χ2v) is 7.06. The Morgan fingerprint density at radius 3 is 2.50 bits per heavy atom. The molecule has 2 N–H and O–H groups in total. The number of nitrogens with one attached hydrogen (secondary N) is 2. The van der Waals surface area contributed by atoms with E-state index >= 15 is 0 Å². The van der Waals surface area contributed by atoms with Gasteiger partial charge in [0.15, 0.2) is 0 Å². The van der Waals surface area contributed by atoms with E-state index in [2.05, 4.69) is 27.7 Å². The first-order valence-corrected chi connectivity index (χ1v) is 9.31. The van der Waals surface area contributed by atoms with Crippen LogP contribution >= 0.6 is 0 Å². The Balaban J connectivity index is 1.38. The number of anilines is 1. The number of piperidine rings is 1. The van der Waals surface area contributed by atoms with Crippen LogP contribution in [0.25, 0.3) is 0 Å². The molecule has 1 spiro atoms. The summed E-state index contributed by atoms with van der Waals surface area (Å²) in [6.07, 6.45) is 1.79. The van der Waals surface area contributed by atoms with Crippen molar-refractivity contribution in [2.45, 2.75) is 32.0 Å². The Kier molecular flexibility index (Phi) is 4.55. The Hall–Kier alpha value is -2.53. The van der Waals surface area contributed by atoms with Gasteiger partial charge in [0.05, 0.1) is 12.2 Å². The number of hydrogen-bond acceptors (Lipinski definition) is 4. The van der Waals surface area contributed by atoms with E-state index in [1.807, 2.05) is 43.3 Å². The molecule has 26 heavy (non-hydrogen) atoms. The molecule has 0 aliphatic carbocycles. The molecule has 0 saturated carbocycles. The third-order valence-corrected chi connectivity index (χ3v) is 5.25. The Labute approximate surface area is 154 Å². The lowest BCUT2D eigenvalue weighted by molar-refractivity contribution is 0.0822. The Morgan fingerprint density at radius 2 is 1.77 bits per heavy atom. The van der Waals surface area contributed by atoms with Gasteiger partial charge < -0.3 is 15.4 Å². The average Bonchev–Trinajstić information content (AvgIpc) is 2.66. The lowest BCUT2D eigenvalue weighted by Crippen LogP contribution is -2.62. The number of likely N-dealkylation sites (tertiary alicyclic amines) is 1. The number of ether oxygens (including phenoxy) is 1. The number of carbonyl (C=O) groups excluding carboxylic acids is 1. The number of fused-ring (bicyclic) bond motifs is 1. The number of amides is 1. The molecule has 1 saturated heterocycles. The molecule has 2 aliphatic rings. The van der Waals surface area contributed by atoms with E-state index in [1.165, 1.54) is 5.56 Å². The molecule has 0 aromatic heterocycles. The van der Waals surface area contributed by atoms with Crippen molar-refractivity contribution in [1.82, 2.24) is 10.2 Å². The van der Waals surface area contributed by atoms with Crippen LogP contribution in [0.3, 0.4) is 0 Å². The predicted molar refractivity (Wildman–Crippen MR) is 102 cm³/mol. The van der Waals surface area contributed by atoms with Crippen LogP contribution in [0, 0.1) is 0 Å². The predicted octanol–water partition coefficient (Wildman–Crippen LogP) is 3.23. The van der Waals surface area contributed by atoms with Crippen molar-refractivity contribution < 1.29 is 9.53 Å². The van der Waals surface area contributed by atoms with Gasteiger partial charge in [0, 0.05) is 38.2 Å². The molecule has 0 unspecified atom stereocenters. The maximum atomic E-state index is 12.4. The van der Waals surface area contributed by atoms with Crippen LogP contribution in [0.4, 0.5) is 5.69 Å². The molecule has 2 aromatic rings.